The van der Waals surface area contributed by atoms with Crippen molar-refractivity contribution in [1.82, 2.24) is 4.90 Å². The Morgan fingerprint density at radius 3 is 2.45 bits per heavy atom. The Hall–Kier alpha value is -1.39. The van der Waals surface area contributed by atoms with Crippen molar-refractivity contribution in [3.63, 3.8) is 0 Å². The minimum absolute atomic E-state index is 0.0211. The fraction of sp³-hybridized carbons (Fsp3) is 0.611. The molecule has 4 heteroatoms. The van der Waals surface area contributed by atoms with Gasteiger partial charge in [-0.05, 0) is 58.2 Å². The summed E-state index contributed by atoms with van der Waals surface area (Å²) in [5.74, 6) is -0.0211. The molecule has 0 bridgehead atoms. The summed E-state index contributed by atoms with van der Waals surface area (Å²) in [4.78, 5) is 14.4. The van der Waals surface area contributed by atoms with E-state index in [2.05, 4.69) is 0 Å². The van der Waals surface area contributed by atoms with Gasteiger partial charge in [-0.2, -0.15) is 0 Å². The number of rotatable bonds is 7. The highest BCUT2D eigenvalue weighted by Gasteiger charge is 2.28. The molecule has 0 unspecified atom stereocenters. The van der Waals surface area contributed by atoms with Gasteiger partial charge in [-0.15, -0.1) is 0 Å². The fourth-order valence-corrected chi connectivity index (χ4v) is 2.23. The molecule has 0 atom stereocenters. The Morgan fingerprint density at radius 2 is 1.91 bits per heavy atom. The molecular formula is C18H29NO3. The van der Waals surface area contributed by atoms with Gasteiger partial charge in [0.15, 0.2) is 0 Å². The summed E-state index contributed by atoms with van der Waals surface area (Å²) >= 11 is 0. The number of ether oxygens (including phenoxy) is 1. The molecule has 0 aliphatic rings. The smallest absolute Gasteiger partial charge is 0.254 e. The van der Waals surface area contributed by atoms with Crippen LogP contribution in [0.4, 0.5) is 0 Å². The van der Waals surface area contributed by atoms with Crippen molar-refractivity contribution in [3.05, 3.63) is 35.4 Å². The maximum absolute atomic E-state index is 12.6. The zero-order valence-corrected chi connectivity index (χ0v) is 14.6. The van der Waals surface area contributed by atoms with Gasteiger partial charge in [0.1, 0.15) is 0 Å². The van der Waals surface area contributed by atoms with Gasteiger partial charge in [0.05, 0.1) is 17.7 Å². The lowest BCUT2D eigenvalue weighted by Crippen LogP contribution is -2.48. The van der Waals surface area contributed by atoms with Crippen LogP contribution in [0.3, 0.4) is 0 Å². The molecule has 22 heavy (non-hydrogen) atoms. The number of benzene rings is 1. The largest absolute Gasteiger partial charge is 0.390 e. The van der Waals surface area contributed by atoms with Crippen LogP contribution in [0.2, 0.25) is 0 Å². The third kappa shape index (κ3) is 5.43. The lowest BCUT2D eigenvalue weighted by molar-refractivity contribution is 0.0366. The molecule has 0 heterocycles. The average molecular weight is 307 g/mol. The van der Waals surface area contributed by atoms with Crippen LogP contribution in [0.5, 0.6) is 0 Å². The zero-order chi connectivity index (χ0) is 17.0. The molecule has 124 valence electrons. The molecule has 4 nitrogen and oxygen atoms in total. The number of carbonyl (C=O) groups excluding carboxylic acids is 1. The summed E-state index contributed by atoms with van der Waals surface area (Å²) < 4.78 is 5.19. The van der Waals surface area contributed by atoms with Crippen LogP contribution >= 0.6 is 0 Å². The van der Waals surface area contributed by atoms with Gasteiger partial charge in [0, 0.05) is 19.7 Å². The first kappa shape index (κ1) is 18.7. The standard InChI is InChI=1S/C18H29NO3/c1-17(2,13-22-6)19(5)16(20)15-9-7-8-14(12-15)10-11-18(3,4)21/h7-9,12,21H,10-11,13H2,1-6H3. The normalized spacial score (nSPS) is 12.3. The van der Waals surface area contributed by atoms with Gasteiger partial charge in [0.2, 0.25) is 0 Å². The van der Waals surface area contributed by atoms with Crippen molar-refractivity contribution in [2.45, 2.75) is 51.7 Å². The molecule has 0 aromatic heterocycles. The summed E-state index contributed by atoms with van der Waals surface area (Å²) in [7, 11) is 3.43. The van der Waals surface area contributed by atoms with Crippen LogP contribution in [-0.2, 0) is 11.2 Å². The van der Waals surface area contributed by atoms with Crippen molar-refractivity contribution in [2.75, 3.05) is 20.8 Å². The second-order valence-corrected chi connectivity index (χ2v) is 7.12. The first-order chi connectivity index (χ1) is 10.1. The van der Waals surface area contributed by atoms with E-state index in [1.807, 2.05) is 38.1 Å². The number of aliphatic hydroxyl groups is 1. The predicted octanol–water partition coefficient (Wildman–Crippen LogP) is 2.89. The maximum Gasteiger partial charge on any atom is 0.254 e. The molecular weight excluding hydrogens is 278 g/mol. The zero-order valence-electron chi connectivity index (χ0n) is 14.6. The molecule has 0 aliphatic heterocycles. The molecule has 1 aromatic rings. The fourth-order valence-electron chi connectivity index (χ4n) is 2.23. The highest BCUT2D eigenvalue weighted by atomic mass is 16.5. The molecule has 0 radical (unpaired) electrons. The van der Waals surface area contributed by atoms with E-state index in [1.165, 1.54) is 0 Å². The molecule has 1 aromatic carbocycles. The van der Waals surface area contributed by atoms with Crippen LogP contribution < -0.4 is 0 Å². The first-order valence-corrected chi connectivity index (χ1v) is 7.65. The number of hydrogen-bond acceptors (Lipinski definition) is 3. The van der Waals surface area contributed by atoms with Crippen molar-refractivity contribution in [1.29, 1.82) is 0 Å². The van der Waals surface area contributed by atoms with Crippen LogP contribution in [0.15, 0.2) is 24.3 Å². The van der Waals surface area contributed by atoms with Gasteiger partial charge in [-0.3, -0.25) is 4.79 Å². The van der Waals surface area contributed by atoms with Gasteiger partial charge in [0.25, 0.3) is 5.91 Å². The molecule has 0 fully saturated rings. The minimum atomic E-state index is -0.697. The van der Waals surface area contributed by atoms with E-state index in [0.29, 0.717) is 18.6 Å². The number of likely N-dealkylation sites (N-methyl/N-ethyl adjacent to an activating group) is 1. The maximum atomic E-state index is 12.6. The third-order valence-corrected chi connectivity index (χ3v) is 3.91. The minimum Gasteiger partial charge on any atom is -0.390 e. The monoisotopic (exact) mass is 307 g/mol. The highest BCUT2D eigenvalue weighted by Crippen LogP contribution is 2.19. The van der Waals surface area contributed by atoms with Gasteiger partial charge < -0.3 is 14.7 Å². The molecule has 0 aliphatic carbocycles. The Bertz CT molecular complexity index is 503. The molecule has 0 saturated carbocycles. The van der Waals surface area contributed by atoms with E-state index in [9.17, 15) is 9.90 Å². The molecule has 0 saturated heterocycles. The lowest BCUT2D eigenvalue weighted by atomic mass is 9.97. The third-order valence-electron chi connectivity index (χ3n) is 3.91. The van der Waals surface area contributed by atoms with Crippen LogP contribution in [0.25, 0.3) is 0 Å². The van der Waals surface area contributed by atoms with Crippen molar-refractivity contribution in [3.8, 4) is 0 Å². The first-order valence-electron chi connectivity index (χ1n) is 7.65. The topological polar surface area (TPSA) is 49.8 Å². The Morgan fingerprint density at radius 1 is 1.27 bits per heavy atom. The SMILES string of the molecule is COCC(C)(C)N(C)C(=O)c1cccc(CCC(C)(C)O)c1. The van der Waals surface area contributed by atoms with Crippen molar-refractivity contribution < 1.29 is 14.6 Å². The number of nitrogens with zero attached hydrogens (tertiary/aromatic N) is 1. The average Bonchev–Trinajstić information content (AvgIpc) is 2.43. The molecule has 1 amide bonds. The van der Waals surface area contributed by atoms with E-state index in [-0.39, 0.29) is 11.4 Å². The van der Waals surface area contributed by atoms with E-state index >= 15 is 0 Å². The molecule has 1 N–H and O–H groups in total. The van der Waals surface area contributed by atoms with Crippen LogP contribution in [-0.4, -0.2) is 47.8 Å². The van der Waals surface area contributed by atoms with Crippen LogP contribution in [0, 0.1) is 0 Å². The highest BCUT2D eigenvalue weighted by molar-refractivity contribution is 5.94. The number of amides is 1. The summed E-state index contributed by atoms with van der Waals surface area (Å²) in [5.41, 5.74) is 0.664. The second-order valence-electron chi connectivity index (χ2n) is 7.12. The van der Waals surface area contributed by atoms with Crippen LogP contribution in [0.1, 0.15) is 50.0 Å². The Kier molecular flexibility index (Phi) is 6.15. The number of methoxy groups -OCH3 is 1. The summed E-state index contributed by atoms with van der Waals surface area (Å²) in [6.45, 7) is 8.03. The molecule has 1 rings (SSSR count). The van der Waals surface area contributed by atoms with E-state index in [0.717, 1.165) is 12.0 Å². The lowest BCUT2D eigenvalue weighted by Gasteiger charge is -2.35. The van der Waals surface area contributed by atoms with Gasteiger partial charge in [-0.25, -0.2) is 0 Å². The summed E-state index contributed by atoms with van der Waals surface area (Å²) in [6.07, 6.45) is 1.41. The van der Waals surface area contributed by atoms with Gasteiger partial charge in [-0.1, -0.05) is 12.1 Å². The van der Waals surface area contributed by atoms with E-state index in [1.54, 1.807) is 32.9 Å². The number of aryl methyl sites for hydroxylation is 1. The van der Waals surface area contributed by atoms with Gasteiger partial charge >= 0.3 is 0 Å². The Labute approximate surface area is 134 Å². The molecule has 0 spiro atoms. The predicted molar refractivity (Wildman–Crippen MR) is 89.1 cm³/mol. The second kappa shape index (κ2) is 7.25. The van der Waals surface area contributed by atoms with Crippen molar-refractivity contribution in [2.24, 2.45) is 0 Å². The number of carbonyl (C=O) groups is 1. The summed E-state index contributed by atoms with van der Waals surface area (Å²) in [5, 5.41) is 9.82. The quantitative estimate of drug-likeness (QED) is 0.842. The Balaban J connectivity index is 2.86. The van der Waals surface area contributed by atoms with E-state index < -0.39 is 5.60 Å². The summed E-state index contributed by atoms with van der Waals surface area (Å²) in [6, 6.07) is 7.62. The van der Waals surface area contributed by atoms with Crippen molar-refractivity contribution >= 4 is 5.91 Å². The van der Waals surface area contributed by atoms with E-state index in [4.69, 9.17) is 4.74 Å². The number of hydrogen-bond donors (Lipinski definition) is 1.